The molecule has 0 bridgehead atoms. The fourth-order valence-corrected chi connectivity index (χ4v) is 4.07. The third kappa shape index (κ3) is 4.44. The minimum Gasteiger partial charge on any atom is -0.478 e. The molecule has 0 radical (unpaired) electrons. The summed E-state index contributed by atoms with van der Waals surface area (Å²) < 4.78 is 12.2. The SMILES string of the molecule is Cc1ccc(S(=O)CCSc2ccccc2)cc1C(=O)O. The van der Waals surface area contributed by atoms with Gasteiger partial charge in [-0.2, -0.15) is 0 Å². The molecule has 1 atom stereocenters. The number of carboxylic acid groups (broad SMARTS) is 1. The number of hydrogen-bond donors (Lipinski definition) is 1. The number of hydrogen-bond acceptors (Lipinski definition) is 3. The Kier molecular flexibility index (Phi) is 5.59. The van der Waals surface area contributed by atoms with Gasteiger partial charge in [-0.3, -0.25) is 4.21 Å². The molecule has 0 aromatic heterocycles. The lowest BCUT2D eigenvalue weighted by Gasteiger charge is -2.06. The van der Waals surface area contributed by atoms with E-state index >= 15 is 0 Å². The summed E-state index contributed by atoms with van der Waals surface area (Å²) in [6.45, 7) is 1.74. The van der Waals surface area contributed by atoms with Crippen molar-refractivity contribution in [2.24, 2.45) is 0 Å². The third-order valence-corrected chi connectivity index (χ3v) is 5.61. The summed E-state index contributed by atoms with van der Waals surface area (Å²) >= 11 is 1.65. The largest absolute Gasteiger partial charge is 0.478 e. The Bertz CT molecular complexity index is 654. The van der Waals surface area contributed by atoms with Crippen molar-refractivity contribution in [3.63, 3.8) is 0 Å². The molecule has 2 aromatic rings. The molecule has 0 heterocycles. The highest BCUT2D eigenvalue weighted by molar-refractivity contribution is 8.00. The topological polar surface area (TPSA) is 54.4 Å². The minimum atomic E-state index is -1.18. The Morgan fingerprint density at radius 1 is 1.19 bits per heavy atom. The third-order valence-electron chi connectivity index (χ3n) is 2.98. The lowest BCUT2D eigenvalue weighted by molar-refractivity contribution is 0.0696. The molecule has 3 nitrogen and oxygen atoms in total. The van der Waals surface area contributed by atoms with Crippen molar-refractivity contribution in [3.05, 3.63) is 59.7 Å². The van der Waals surface area contributed by atoms with Crippen molar-refractivity contribution in [2.45, 2.75) is 16.7 Å². The lowest BCUT2D eigenvalue weighted by Crippen LogP contribution is -2.05. The van der Waals surface area contributed by atoms with E-state index in [9.17, 15) is 9.00 Å². The first-order valence-corrected chi connectivity index (χ1v) is 8.78. The zero-order valence-corrected chi connectivity index (χ0v) is 13.2. The number of aryl methyl sites for hydroxylation is 1. The van der Waals surface area contributed by atoms with E-state index in [0.717, 1.165) is 10.6 Å². The quantitative estimate of drug-likeness (QED) is 0.826. The number of benzene rings is 2. The van der Waals surface area contributed by atoms with E-state index in [1.165, 1.54) is 6.07 Å². The van der Waals surface area contributed by atoms with E-state index in [4.69, 9.17) is 5.11 Å². The van der Waals surface area contributed by atoms with E-state index in [-0.39, 0.29) is 5.56 Å². The fraction of sp³-hybridized carbons (Fsp3) is 0.188. The molecule has 1 unspecified atom stereocenters. The molecule has 5 heteroatoms. The average molecular weight is 320 g/mol. The van der Waals surface area contributed by atoms with Crippen LogP contribution in [0.4, 0.5) is 0 Å². The van der Waals surface area contributed by atoms with Gasteiger partial charge in [-0.05, 0) is 36.8 Å². The monoisotopic (exact) mass is 320 g/mol. The first-order valence-electron chi connectivity index (χ1n) is 6.48. The second-order valence-corrected chi connectivity index (χ2v) is 7.23. The molecule has 0 spiro atoms. The van der Waals surface area contributed by atoms with Crippen LogP contribution in [0.1, 0.15) is 15.9 Å². The van der Waals surface area contributed by atoms with Crippen molar-refractivity contribution in [1.82, 2.24) is 0 Å². The molecule has 0 aliphatic rings. The van der Waals surface area contributed by atoms with Gasteiger partial charge < -0.3 is 5.11 Å². The number of aromatic carboxylic acids is 1. The van der Waals surface area contributed by atoms with E-state index in [0.29, 0.717) is 16.2 Å². The molecule has 0 aliphatic heterocycles. The average Bonchev–Trinajstić information content (AvgIpc) is 2.48. The molecule has 2 rings (SSSR count). The summed E-state index contributed by atoms with van der Waals surface area (Å²) in [4.78, 5) is 12.8. The smallest absolute Gasteiger partial charge is 0.335 e. The van der Waals surface area contributed by atoms with Crippen molar-refractivity contribution in [1.29, 1.82) is 0 Å². The normalized spacial score (nSPS) is 12.0. The van der Waals surface area contributed by atoms with Crippen LogP contribution in [0.15, 0.2) is 58.3 Å². The molecular weight excluding hydrogens is 304 g/mol. The Hall–Kier alpha value is -1.59. The van der Waals surface area contributed by atoms with Crippen molar-refractivity contribution < 1.29 is 14.1 Å². The highest BCUT2D eigenvalue weighted by Crippen LogP contribution is 2.19. The van der Waals surface area contributed by atoms with Gasteiger partial charge >= 0.3 is 5.97 Å². The van der Waals surface area contributed by atoms with Crippen LogP contribution in [0.3, 0.4) is 0 Å². The summed E-state index contributed by atoms with van der Waals surface area (Å²) in [5.41, 5.74) is 0.901. The standard InChI is InChI=1S/C16H16O3S2/c1-12-7-8-14(11-15(12)16(17)18)21(19)10-9-20-13-5-3-2-4-6-13/h2-8,11H,9-10H2,1H3,(H,17,18). The maximum absolute atomic E-state index is 12.2. The van der Waals surface area contributed by atoms with Crippen molar-refractivity contribution >= 4 is 28.5 Å². The molecule has 1 N–H and O–H groups in total. The number of rotatable bonds is 6. The van der Waals surface area contributed by atoms with Crippen LogP contribution < -0.4 is 0 Å². The highest BCUT2D eigenvalue weighted by atomic mass is 32.2. The molecule has 0 fully saturated rings. The van der Waals surface area contributed by atoms with Gasteiger partial charge in [-0.25, -0.2) is 4.79 Å². The number of carbonyl (C=O) groups is 1. The van der Waals surface area contributed by atoms with Crippen LogP contribution in [0.2, 0.25) is 0 Å². The van der Waals surface area contributed by atoms with Gasteiger partial charge in [-0.1, -0.05) is 24.3 Å². The predicted octanol–water partition coefficient (Wildman–Crippen LogP) is 3.59. The van der Waals surface area contributed by atoms with Crippen LogP contribution in [0, 0.1) is 6.92 Å². The van der Waals surface area contributed by atoms with Crippen LogP contribution in [-0.4, -0.2) is 26.8 Å². The molecule has 2 aromatic carbocycles. The van der Waals surface area contributed by atoms with Crippen LogP contribution in [0.25, 0.3) is 0 Å². The van der Waals surface area contributed by atoms with Crippen molar-refractivity contribution in [2.75, 3.05) is 11.5 Å². The first kappa shape index (κ1) is 15.8. The molecular formula is C16H16O3S2. The Morgan fingerprint density at radius 3 is 2.57 bits per heavy atom. The predicted molar refractivity (Wildman–Crippen MR) is 86.6 cm³/mol. The maximum atomic E-state index is 12.2. The van der Waals surface area contributed by atoms with Gasteiger partial charge in [-0.15, -0.1) is 11.8 Å². The Balaban J connectivity index is 1.97. The molecule has 0 saturated heterocycles. The summed E-state index contributed by atoms with van der Waals surface area (Å²) in [5.74, 6) is 0.249. The number of thioether (sulfide) groups is 1. The van der Waals surface area contributed by atoms with E-state index in [1.807, 2.05) is 30.3 Å². The van der Waals surface area contributed by atoms with E-state index < -0.39 is 16.8 Å². The second-order valence-electron chi connectivity index (χ2n) is 4.49. The number of carboxylic acids is 1. The molecule has 0 aliphatic carbocycles. The van der Waals surface area contributed by atoms with Gasteiger partial charge in [0.15, 0.2) is 0 Å². The van der Waals surface area contributed by atoms with Crippen LogP contribution in [-0.2, 0) is 10.8 Å². The second kappa shape index (κ2) is 7.43. The molecule has 110 valence electrons. The summed E-state index contributed by atoms with van der Waals surface area (Å²) in [6.07, 6.45) is 0. The van der Waals surface area contributed by atoms with E-state index in [1.54, 1.807) is 30.8 Å². The molecule has 21 heavy (non-hydrogen) atoms. The van der Waals surface area contributed by atoms with Crippen LogP contribution >= 0.6 is 11.8 Å². The Morgan fingerprint density at radius 2 is 1.90 bits per heavy atom. The zero-order chi connectivity index (χ0) is 15.2. The lowest BCUT2D eigenvalue weighted by atomic mass is 10.1. The Labute approximate surface area is 130 Å². The summed E-state index contributed by atoms with van der Waals surface area (Å²) in [7, 11) is -1.18. The molecule has 0 amide bonds. The molecule has 0 saturated carbocycles. The minimum absolute atomic E-state index is 0.219. The van der Waals surface area contributed by atoms with Crippen molar-refractivity contribution in [3.8, 4) is 0 Å². The first-order chi connectivity index (χ1) is 10.1. The van der Waals surface area contributed by atoms with Gasteiger partial charge in [0.05, 0.1) is 16.4 Å². The van der Waals surface area contributed by atoms with E-state index in [2.05, 4.69) is 0 Å². The van der Waals surface area contributed by atoms with Gasteiger partial charge in [0.25, 0.3) is 0 Å². The van der Waals surface area contributed by atoms with Gasteiger partial charge in [0.1, 0.15) is 0 Å². The van der Waals surface area contributed by atoms with Gasteiger partial charge in [0.2, 0.25) is 0 Å². The zero-order valence-electron chi connectivity index (χ0n) is 11.6. The highest BCUT2D eigenvalue weighted by Gasteiger charge is 2.11. The fourth-order valence-electron chi connectivity index (χ4n) is 1.84. The summed E-state index contributed by atoms with van der Waals surface area (Å²) in [5, 5.41) is 9.09. The van der Waals surface area contributed by atoms with Crippen LogP contribution in [0.5, 0.6) is 0 Å². The van der Waals surface area contributed by atoms with Gasteiger partial charge in [0, 0.05) is 21.3 Å². The maximum Gasteiger partial charge on any atom is 0.335 e. The summed E-state index contributed by atoms with van der Waals surface area (Å²) in [6, 6.07) is 14.9.